The highest BCUT2D eigenvalue weighted by Gasteiger charge is 2.37. The van der Waals surface area contributed by atoms with Gasteiger partial charge in [-0.05, 0) is 40.3 Å². The molecule has 2 nitrogen and oxygen atoms in total. The number of nitrogens with one attached hydrogen (secondary N) is 1. The molecule has 6 heteroatoms. The lowest BCUT2D eigenvalue weighted by molar-refractivity contribution is -0.138. The lowest BCUT2D eigenvalue weighted by atomic mass is 10.0. The summed E-state index contributed by atoms with van der Waals surface area (Å²) in [6.45, 7) is 0. The highest BCUT2D eigenvalue weighted by Crippen LogP contribution is 2.38. The minimum atomic E-state index is -4.41. The minimum absolute atomic E-state index is 0.0490. The number of carbonyl (C=O) groups is 1. The van der Waals surface area contributed by atoms with Crippen LogP contribution in [0, 0.1) is 3.57 Å². The Morgan fingerprint density at radius 1 is 1.33 bits per heavy atom. The van der Waals surface area contributed by atoms with E-state index in [2.05, 4.69) is 5.32 Å². The van der Waals surface area contributed by atoms with E-state index in [1.165, 1.54) is 6.07 Å². The molecule has 0 unspecified atom stereocenters. The number of fused-ring (bicyclic) bond motifs is 1. The molecule has 1 aromatic rings. The third kappa shape index (κ3) is 1.95. The quantitative estimate of drug-likeness (QED) is 0.730. The van der Waals surface area contributed by atoms with Crippen molar-refractivity contribution in [3.05, 3.63) is 26.8 Å². The van der Waals surface area contributed by atoms with Crippen LogP contribution in [0.25, 0.3) is 0 Å². The van der Waals surface area contributed by atoms with E-state index in [-0.39, 0.29) is 17.7 Å². The Bertz CT molecular complexity index is 442. The fourth-order valence-electron chi connectivity index (χ4n) is 1.55. The van der Waals surface area contributed by atoms with Gasteiger partial charge in [-0.3, -0.25) is 4.79 Å². The Labute approximate surface area is 97.0 Å². The van der Waals surface area contributed by atoms with E-state index in [0.717, 1.165) is 6.07 Å². The van der Waals surface area contributed by atoms with Gasteiger partial charge in [0.15, 0.2) is 0 Å². The molecule has 0 radical (unpaired) electrons. The van der Waals surface area contributed by atoms with Crippen LogP contribution in [0.2, 0.25) is 0 Å². The van der Waals surface area contributed by atoms with E-state index in [9.17, 15) is 18.0 Å². The van der Waals surface area contributed by atoms with Gasteiger partial charge in [-0.1, -0.05) is 0 Å². The number of benzene rings is 1. The molecule has 1 aromatic carbocycles. The average Bonchev–Trinajstić information content (AvgIpc) is 2.41. The van der Waals surface area contributed by atoms with Crippen molar-refractivity contribution in [1.29, 1.82) is 0 Å². The van der Waals surface area contributed by atoms with E-state index in [4.69, 9.17) is 0 Å². The topological polar surface area (TPSA) is 29.1 Å². The first-order chi connectivity index (χ1) is 6.88. The number of anilines is 1. The summed E-state index contributed by atoms with van der Waals surface area (Å²) in [5, 5.41) is 2.41. The Morgan fingerprint density at radius 3 is 2.60 bits per heavy atom. The lowest BCUT2D eigenvalue weighted by Crippen LogP contribution is -2.09. The van der Waals surface area contributed by atoms with Crippen LogP contribution in [0.15, 0.2) is 12.1 Å². The van der Waals surface area contributed by atoms with Crippen LogP contribution in [0.1, 0.15) is 11.1 Å². The molecule has 0 saturated heterocycles. The zero-order chi connectivity index (χ0) is 11.2. The second-order valence-electron chi connectivity index (χ2n) is 3.20. The molecular weight excluding hydrogens is 322 g/mol. The van der Waals surface area contributed by atoms with Crippen molar-refractivity contribution in [2.24, 2.45) is 0 Å². The van der Waals surface area contributed by atoms with E-state index >= 15 is 0 Å². The highest BCUT2D eigenvalue weighted by molar-refractivity contribution is 14.1. The summed E-state index contributed by atoms with van der Waals surface area (Å²) >= 11 is 1.79. The first-order valence-electron chi connectivity index (χ1n) is 4.07. The molecule has 1 N–H and O–H groups in total. The van der Waals surface area contributed by atoms with Crippen LogP contribution in [-0.4, -0.2) is 5.91 Å². The monoisotopic (exact) mass is 327 g/mol. The van der Waals surface area contributed by atoms with Crippen LogP contribution in [-0.2, 0) is 17.4 Å². The molecule has 0 aliphatic carbocycles. The summed E-state index contributed by atoms with van der Waals surface area (Å²) < 4.78 is 38.3. The molecule has 0 bridgehead atoms. The summed E-state index contributed by atoms with van der Waals surface area (Å²) in [7, 11) is 0. The van der Waals surface area contributed by atoms with Gasteiger partial charge in [0, 0.05) is 9.26 Å². The van der Waals surface area contributed by atoms with Crippen molar-refractivity contribution in [2.75, 3.05) is 5.32 Å². The molecule has 0 saturated carbocycles. The van der Waals surface area contributed by atoms with Gasteiger partial charge in [0.2, 0.25) is 5.91 Å². The number of hydrogen-bond donors (Lipinski definition) is 1. The molecule has 1 amide bonds. The van der Waals surface area contributed by atoms with Crippen molar-refractivity contribution in [2.45, 2.75) is 12.6 Å². The molecule has 0 aromatic heterocycles. The molecule has 0 fully saturated rings. The van der Waals surface area contributed by atoms with Gasteiger partial charge in [-0.15, -0.1) is 0 Å². The van der Waals surface area contributed by atoms with Gasteiger partial charge in [-0.2, -0.15) is 13.2 Å². The molecule has 1 aliphatic heterocycles. The van der Waals surface area contributed by atoms with E-state index in [1.54, 1.807) is 22.6 Å². The van der Waals surface area contributed by atoms with Gasteiger partial charge in [-0.25, -0.2) is 0 Å². The zero-order valence-corrected chi connectivity index (χ0v) is 9.44. The standard InChI is InChI=1S/C9H5F3INO/c10-9(11,12)6-1-4(13)2-7-5(6)3-8(15)14-7/h1-2H,3H2,(H,14,15). The summed E-state index contributed by atoms with van der Waals surface area (Å²) in [5.74, 6) is -0.391. The predicted molar refractivity (Wildman–Crippen MR) is 56.5 cm³/mol. The molecule has 15 heavy (non-hydrogen) atoms. The third-order valence-electron chi connectivity index (χ3n) is 2.13. The number of alkyl halides is 3. The van der Waals surface area contributed by atoms with Crippen LogP contribution in [0.3, 0.4) is 0 Å². The number of hydrogen-bond acceptors (Lipinski definition) is 1. The third-order valence-corrected chi connectivity index (χ3v) is 2.75. The molecular formula is C9H5F3INO. The Morgan fingerprint density at radius 2 is 2.00 bits per heavy atom. The summed E-state index contributed by atoms with van der Waals surface area (Å²) in [6.07, 6.45) is -4.60. The minimum Gasteiger partial charge on any atom is -0.325 e. The first kappa shape index (κ1) is 10.7. The van der Waals surface area contributed by atoms with Crippen molar-refractivity contribution >= 4 is 34.2 Å². The fraction of sp³-hybridized carbons (Fsp3) is 0.222. The van der Waals surface area contributed by atoms with Crippen LogP contribution in [0.5, 0.6) is 0 Å². The van der Waals surface area contributed by atoms with Gasteiger partial charge in [0.05, 0.1) is 12.0 Å². The second kappa shape index (κ2) is 3.36. The second-order valence-corrected chi connectivity index (χ2v) is 4.45. The molecule has 2 rings (SSSR count). The maximum atomic E-state index is 12.6. The highest BCUT2D eigenvalue weighted by atomic mass is 127. The summed E-state index contributed by atoms with van der Waals surface area (Å²) in [4.78, 5) is 11.0. The molecule has 0 spiro atoms. The average molecular weight is 327 g/mol. The van der Waals surface area contributed by atoms with Gasteiger partial charge in [0.1, 0.15) is 0 Å². The van der Waals surface area contributed by atoms with Crippen LogP contribution < -0.4 is 5.32 Å². The number of rotatable bonds is 0. The molecule has 80 valence electrons. The fourth-order valence-corrected chi connectivity index (χ4v) is 2.17. The Hall–Kier alpha value is -0.790. The van der Waals surface area contributed by atoms with Gasteiger partial charge >= 0.3 is 6.18 Å². The number of halogens is 4. The maximum absolute atomic E-state index is 12.6. The largest absolute Gasteiger partial charge is 0.416 e. The molecule has 0 atom stereocenters. The maximum Gasteiger partial charge on any atom is 0.416 e. The summed E-state index contributed by atoms with van der Waals surface area (Å²) in [6, 6.07) is 2.59. The van der Waals surface area contributed by atoms with Crippen molar-refractivity contribution in [3.63, 3.8) is 0 Å². The van der Waals surface area contributed by atoms with E-state index in [0.29, 0.717) is 3.57 Å². The van der Waals surface area contributed by atoms with E-state index < -0.39 is 17.6 Å². The smallest absolute Gasteiger partial charge is 0.325 e. The number of carbonyl (C=O) groups excluding carboxylic acids is 1. The molecule has 1 aliphatic rings. The Balaban J connectivity index is 2.62. The van der Waals surface area contributed by atoms with Crippen molar-refractivity contribution in [3.8, 4) is 0 Å². The normalized spacial score (nSPS) is 15.1. The SMILES string of the molecule is O=C1Cc2c(cc(I)cc2C(F)(F)F)N1. The van der Waals surface area contributed by atoms with Crippen molar-refractivity contribution < 1.29 is 18.0 Å². The van der Waals surface area contributed by atoms with Gasteiger partial charge in [0.25, 0.3) is 0 Å². The van der Waals surface area contributed by atoms with Crippen LogP contribution >= 0.6 is 22.6 Å². The van der Waals surface area contributed by atoms with Gasteiger partial charge < -0.3 is 5.32 Å². The lowest BCUT2D eigenvalue weighted by Gasteiger charge is -2.11. The predicted octanol–water partition coefficient (Wildman–Crippen LogP) is 2.80. The first-order valence-corrected chi connectivity index (χ1v) is 5.15. The van der Waals surface area contributed by atoms with E-state index in [1.807, 2.05) is 0 Å². The Kier molecular flexibility index (Phi) is 2.40. The van der Waals surface area contributed by atoms with Crippen LogP contribution in [0.4, 0.5) is 18.9 Å². The van der Waals surface area contributed by atoms with Crippen molar-refractivity contribution in [1.82, 2.24) is 0 Å². The summed E-state index contributed by atoms with van der Waals surface area (Å²) in [5.41, 5.74) is -0.394. The zero-order valence-electron chi connectivity index (χ0n) is 7.28. The number of amides is 1. The molecule has 1 heterocycles.